The van der Waals surface area contributed by atoms with E-state index in [4.69, 9.17) is 10.8 Å². The van der Waals surface area contributed by atoms with Crippen molar-refractivity contribution in [3.63, 3.8) is 0 Å². The number of nitrogens with two attached hydrogens (primary N) is 1. The fourth-order valence-corrected chi connectivity index (χ4v) is 0.871. The van der Waals surface area contributed by atoms with E-state index in [-0.39, 0.29) is 6.42 Å². The summed E-state index contributed by atoms with van der Waals surface area (Å²) in [5.41, 5.74) is 1.88. The van der Waals surface area contributed by atoms with E-state index in [1.165, 1.54) is 11.4 Å². The third-order valence-electron chi connectivity index (χ3n) is 2.13. The predicted octanol–water partition coefficient (Wildman–Crippen LogP) is 0.412. The number of hydrogen-bond donors (Lipinski definition) is 3. The molecule has 0 aliphatic rings. The van der Waals surface area contributed by atoms with Gasteiger partial charge < -0.3 is 16.2 Å². The third kappa shape index (κ3) is 3.45. The highest BCUT2D eigenvalue weighted by molar-refractivity contribution is 5.89. The van der Waals surface area contributed by atoms with Crippen LogP contribution in [0.3, 0.4) is 0 Å². The van der Waals surface area contributed by atoms with E-state index in [1.807, 2.05) is 0 Å². The summed E-state index contributed by atoms with van der Waals surface area (Å²) in [4.78, 5) is 21.8. The topological polar surface area (TPSA) is 92.4 Å². The zero-order chi connectivity index (χ0) is 13.9. The largest absolute Gasteiger partial charge is 0.479 e. The lowest BCUT2D eigenvalue weighted by Crippen LogP contribution is -2.64. The molecule has 5 nitrogen and oxygen atoms in total. The molecular formula is C9H13F3N2O3. The third-order valence-corrected chi connectivity index (χ3v) is 2.13. The van der Waals surface area contributed by atoms with Gasteiger partial charge in [-0.15, -0.1) is 6.58 Å². The molecule has 0 spiro atoms. The summed E-state index contributed by atoms with van der Waals surface area (Å²) in [5.74, 6) is -3.41. The van der Waals surface area contributed by atoms with Gasteiger partial charge in [0.05, 0.1) is 6.04 Å². The summed E-state index contributed by atoms with van der Waals surface area (Å²) in [7, 11) is 0. The molecule has 0 radical (unpaired) electrons. The maximum atomic E-state index is 12.5. The molecule has 4 N–H and O–H groups in total. The lowest BCUT2D eigenvalue weighted by Gasteiger charge is -2.29. The molecule has 8 heteroatoms. The zero-order valence-corrected chi connectivity index (χ0v) is 9.04. The van der Waals surface area contributed by atoms with Gasteiger partial charge in [0.1, 0.15) is 0 Å². The minimum absolute atomic E-state index is 0.0562. The van der Waals surface area contributed by atoms with Crippen molar-refractivity contribution in [3.8, 4) is 0 Å². The van der Waals surface area contributed by atoms with Crippen LogP contribution in [0, 0.1) is 0 Å². The van der Waals surface area contributed by atoms with Crippen LogP contribution in [0.5, 0.6) is 0 Å². The maximum absolute atomic E-state index is 12.5. The van der Waals surface area contributed by atoms with Crippen molar-refractivity contribution in [2.75, 3.05) is 0 Å². The monoisotopic (exact) mass is 254 g/mol. The second kappa shape index (κ2) is 5.17. The molecule has 0 aromatic carbocycles. The quantitative estimate of drug-likeness (QED) is 0.619. The number of carboxylic acids is 1. The van der Waals surface area contributed by atoms with Gasteiger partial charge in [0.2, 0.25) is 11.4 Å². The molecule has 0 bridgehead atoms. The molecule has 1 amide bonds. The minimum Gasteiger partial charge on any atom is -0.479 e. The Balaban J connectivity index is 4.98. The van der Waals surface area contributed by atoms with Gasteiger partial charge in [-0.1, -0.05) is 6.08 Å². The van der Waals surface area contributed by atoms with E-state index in [9.17, 15) is 22.8 Å². The summed E-state index contributed by atoms with van der Waals surface area (Å²) in [6.45, 7) is 3.62. The standard InChI is InChI=1S/C9H13F3N2O3/c1-3-4-5(13)6(15)14-8(2,7(16)17)9(10,11)12/h3,5H,1,4,13H2,2H3,(H,14,15)(H,16,17). The van der Waals surface area contributed by atoms with Crippen LogP contribution in [0.4, 0.5) is 13.2 Å². The van der Waals surface area contributed by atoms with Gasteiger partial charge in [0, 0.05) is 0 Å². The van der Waals surface area contributed by atoms with E-state index in [0.29, 0.717) is 6.92 Å². The summed E-state index contributed by atoms with van der Waals surface area (Å²) in [6, 6.07) is -1.27. The minimum atomic E-state index is -5.12. The molecule has 98 valence electrons. The Kier molecular flexibility index (Phi) is 4.70. The summed E-state index contributed by atoms with van der Waals surface area (Å²) in [6.07, 6.45) is -3.93. The number of amides is 1. The number of hydrogen-bond acceptors (Lipinski definition) is 3. The van der Waals surface area contributed by atoms with Gasteiger partial charge in [-0.2, -0.15) is 13.2 Å². The Morgan fingerprint density at radius 2 is 2.00 bits per heavy atom. The van der Waals surface area contributed by atoms with Crippen molar-refractivity contribution in [3.05, 3.63) is 12.7 Å². The number of carbonyl (C=O) groups excluding carboxylic acids is 1. The highest BCUT2D eigenvalue weighted by Gasteiger charge is 2.58. The van der Waals surface area contributed by atoms with E-state index in [1.54, 1.807) is 0 Å². The Labute approximate surface area is 95.5 Å². The van der Waals surface area contributed by atoms with E-state index >= 15 is 0 Å². The molecule has 0 rings (SSSR count). The van der Waals surface area contributed by atoms with Crippen LogP contribution in [0.2, 0.25) is 0 Å². The van der Waals surface area contributed by atoms with Gasteiger partial charge in [0.25, 0.3) is 0 Å². The molecule has 0 saturated heterocycles. The van der Waals surface area contributed by atoms with Crippen molar-refractivity contribution in [1.29, 1.82) is 0 Å². The Morgan fingerprint density at radius 3 is 2.29 bits per heavy atom. The number of nitrogens with one attached hydrogen (secondary N) is 1. The van der Waals surface area contributed by atoms with Gasteiger partial charge in [-0.05, 0) is 13.3 Å². The molecular weight excluding hydrogens is 241 g/mol. The normalized spacial score (nSPS) is 16.8. The molecule has 0 heterocycles. The molecule has 0 aliphatic heterocycles. The fourth-order valence-electron chi connectivity index (χ4n) is 0.871. The van der Waals surface area contributed by atoms with Gasteiger partial charge in [-0.25, -0.2) is 4.79 Å². The second-order valence-corrected chi connectivity index (χ2v) is 3.55. The van der Waals surface area contributed by atoms with Gasteiger partial charge in [0.15, 0.2) is 0 Å². The van der Waals surface area contributed by atoms with Crippen molar-refractivity contribution in [1.82, 2.24) is 5.32 Å². The first-order valence-corrected chi connectivity index (χ1v) is 4.55. The predicted molar refractivity (Wildman–Crippen MR) is 53.0 cm³/mol. The van der Waals surface area contributed by atoms with Crippen molar-refractivity contribution in [2.24, 2.45) is 5.73 Å². The van der Waals surface area contributed by atoms with Crippen LogP contribution in [0.15, 0.2) is 12.7 Å². The molecule has 2 unspecified atom stereocenters. The summed E-state index contributed by atoms with van der Waals surface area (Å²) in [5, 5.41) is 9.91. The molecule has 0 aromatic rings. The van der Waals surface area contributed by atoms with E-state index < -0.39 is 29.6 Å². The van der Waals surface area contributed by atoms with E-state index in [0.717, 1.165) is 0 Å². The van der Waals surface area contributed by atoms with Crippen molar-refractivity contribution in [2.45, 2.75) is 31.1 Å². The first-order valence-electron chi connectivity index (χ1n) is 4.55. The second-order valence-electron chi connectivity index (χ2n) is 3.55. The van der Waals surface area contributed by atoms with Gasteiger partial charge in [-0.3, -0.25) is 4.79 Å². The molecule has 17 heavy (non-hydrogen) atoms. The van der Waals surface area contributed by atoms with Gasteiger partial charge >= 0.3 is 12.1 Å². The zero-order valence-electron chi connectivity index (χ0n) is 9.04. The fraction of sp³-hybridized carbons (Fsp3) is 0.556. The van der Waals surface area contributed by atoms with Crippen molar-refractivity contribution < 1.29 is 27.9 Å². The summed E-state index contributed by atoms with van der Waals surface area (Å²) >= 11 is 0. The van der Waals surface area contributed by atoms with Crippen LogP contribution in [-0.2, 0) is 9.59 Å². The molecule has 0 aliphatic carbocycles. The SMILES string of the molecule is C=CCC(N)C(=O)NC(C)(C(=O)O)C(F)(F)F. The average molecular weight is 254 g/mol. The Hall–Kier alpha value is -1.57. The van der Waals surface area contributed by atoms with Crippen molar-refractivity contribution >= 4 is 11.9 Å². The number of carboxylic acid groups (broad SMARTS) is 1. The molecule has 0 saturated carbocycles. The Morgan fingerprint density at radius 1 is 1.53 bits per heavy atom. The van der Waals surface area contributed by atoms with Crippen LogP contribution in [-0.4, -0.2) is 34.7 Å². The molecule has 0 fully saturated rings. The lowest BCUT2D eigenvalue weighted by atomic mass is 10.0. The van der Waals surface area contributed by atoms with Crippen LogP contribution >= 0.6 is 0 Å². The Bertz CT molecular complexity index is 330. The number of carbonyl (C=O) groups is 2. The highest BCUT2D eigenvalue weighted by Crippen LogP contribution is 2.30. The van der Waals surface area contributed by atoms with Crippen LogP contribution in [0.1, 0.15) is 13.3 Å². The number of halogens is 3. The number of rotatable bonds is 5. The smallest absolute Gasteiger partial charge is 0.422 e. The van der Waals surface area contributed by atoms with E-state index in [2.05, 4.69) is 6.58 Å². The first kappa shape index (κ1) is 15.4. The van der Waals surface area contributed by atoms with Crippen LogP contribution in [0.25, 0.3) is 0 Å². The maximum Gasteiger partial charge on any atom is 0.422 e. The highest BCUT2D eigenvalue weighted by atomic mass is 19.4. The summed E-state index contributed by atoms with van der Waals surface area (Å²) < 4.78 is 37.5. The van der Waals surface area contributed by atoms with Crippen LogP contribution < -0.4 is 11.1 Å². The number of alkyl halides is 3. The molecule has 2 atom stereocenters. The first-order chi connectivity index (χ1) is 7.56. The number of aliphatic carboxylic acids is 1. The lowest BCUT2D eigenvalue weighted by molar-refractivity contribution is -0.207. The molecule has 0 aromatic heterocycles. The average Bonchev–Trinajstić information content (AvgIpc) is 2.15.